The van der Waals surface area contributed by atoms with Crippen LogP contribution in [0.15, 0.2) is 30.9 Å². The molecule has 10 heteroatoms. The molecule has 170 valence electrons. The standard InChI is InChI=1S/C21H27NO9/c1-4-7-27-21(26)20-19(29-13(3)25)17(28-12(2)24)9-18(31-20)30-16-6-5-14(11-23)8-15(16)10-22/h4-6,8,17-20,23H,1,7,9-11,22H2,2-3H3/t17-,18-,19+,20+/m1/s1. The number of nitrogens with two attached hydrogens (primary N) is 1. The second kappa shape index (κ2) is 11.4. The lowest BCUT2D eigenvalue weighted by atomic mass is 10.0. The number of carbonyl (C=O) groups is 3. The minimum Gasteiger partial charge on any atom is -0.464 e. The summed E-state index contributed by atoms with van der Waals surface area (Å²) in [5.41, 5.74) is 7.02. The zero-order chi connectivity index (χ0) is 23.0. The summed E-state index contributed by atoms with van der Waals surface area (Å²) >= 11 is 0. The van der Waals surface area contributed by atoms with E-state index in [9.17, 15) is 19.5 Å². The molecule has 1 aliphatic rings. The van der Waals surface area contributed by atoms with Crippen LogP contribution in [-0.4, -0.2) is 54.2 Å². The van der Waals surface area contributed by atoms with Gasteiger partial charge in [0.15, 0.2) is 12.2 Å². The smallest absolute Gasteiger partial charge is 0.339 e. The van der Waals surface area contributed by atoms with Crippen LogP contribution in [-0.2, 0) is 46.5 Å². The van der Waals surface area contributed by atoms with Gasteiger partial charge in [0.05, 0.1) is 13.0 Å². The fraction of sp³-hybridized carbons (Fsp3) is 0.476. The summed E-state index contributed by atoms with van der Waals surface area (Å²) in [6, 6.07) is 4.94. The first-order valence-corrected chi connectivity index (χ1v) is 9.65. The van der Waals surface area contributed by atoms with Crippen molar-refractivity contribution >= 4 is 17.9 Å². The molecule has 4 atom stereocenters. The maximum absolute atomic E-state index is 12.6. The van der Waals surface area contributed by atoms with Crippen molar-refractivity contribution < 1.29 is 43.2 Å². The molecule has 2 rings (SSSR count). The highest BCUT2D eigenvalue weighted by molar-refractivity contribution is 5.77. The van der Waals surface area contributed by atoms with Crippen LogP contribution in [0.2, 0.25) is 0 Å². The molecule has 0 bridgehead atoms. The van der Waals surface area contributed by atoms with E-state index in [1.807, 2.05) is 0 Å². The molecule has 1 heterocycles. The normalized spacial score (nSPS) is 22.8. The minimum atomic E-state index is -1.40. The number of hydrogen-bond donors (Lipinski definition) is 2. The molecule has 0 spiro atoms. The molecule has 1 aromatic rings. The topological polar surface area (TPSA) is 144 Å². The lowest BCUT2D eigenvalue weighted by molar-refractivity contribution is -0.242. The van der Waals surface area contributed by atoms with Crippen molar-refractivity contribution in [1.29, 1.82) is 0 Å². The SMILES string of the molecule is C=CCOC(=O)[C@H]1O[C@@H](Oc2ccc(CO)cc2CN)C[C@@H](OC(C)=O)[C@@H]1OC(C)=O. The summed E-state index contributed by atoms with van der Waals surface area (Å²) < 4.78 is 27.2. The Morgan fingerprint density at radius 2 is 1.97 bits per heavy atom. The van der Waals surface area contributed by atoms with Gasteiger partial charge in [0, 0.05) is 26.0 Å². The fourth-order valence-corrected chi connectivity index (χ4v) is 3.11. The molecule has 0 unspecified atom stereocenters. The van der Waals surface area contributed by atoms with Crippen molar-refractivity contribution in [2.75, 3.05) is 6.61 Å². The lowest BCUT2D eigenvalue weighted by Crippen LogP contribution is -2.56. The number of benzene rings is 1. The van der Waals surface area contributed by atoms with Crippen LogP contribution in [0.5, 0.6) is 5.75 Å². The number of ether oxygens (including phenoxy) is 5. The molecule has 0 aliphatic carbocycles. The molecule has 1 aliphatic heterocycles. The molecular formula is C21H27NO9. The van der Waals surface area contributed by atoms with E-state index in [-0.39, 0.29) is 26.2 Å². The third kappa shape index (κ3) is 6.78. The zero-order valence-electron chi connectivity index (χ0n) is 17.4. The van der Waals surface area contributed by atoms with Gasteiger partial charge in [-0.1, -0.05) is 18.7 Å². The molecular weight excluding hydrogens is 410 g/mol. The van der Waals surface area contributed by atoms with Gasteiger partial charge in [-0.15, -0.1) is 0 Å². The molecule has 0 aromatic heterocycles. The van der Waals surface area contributed by atoms with Crippen molar-refractivity contribution in [3.05, 3.63) is 42.0 Å². The Labute approximate surface area is 179 Å². The Bertz CT molecular complexity index is 810. The molecule has 0 saturated carbocycles. The summed E-state index contributed by atoms with van der Waals surface area (Å²) in [7, 11) is 0. The number of rotatable bonds is 9. The van der Waals surface area contributed by atoms with E-state index < -0.39 is 42.5 Å². The Balaban J connectivity index is 2.32. The first-order chi connectivity index (χ1) is 14.8. The predicted molar refractivity (Wildman–Crippen MR) is 106 cm³/mol. The van der Waals surface area contributed by atoms with Crippen molar-refractivity contribution in [3.8, 4) is 5.75 Å². The summed E-state index contributed by atoms with van der Waals surface area (Å²) in [6.45, 7) is 5.71. The third-order valence-corrected chi connectivity index (χ3v) is 4.37. The molecule has 31 heavy (non-hydrogen) atoms. The van der Waals surface area contributed by atoms with Gasteiger partial charge in [-0.25, -0.2) is 4.79 Å². The highest BCUT2D eigenvalue weighted by Gasteiger charge is 2.48. The van der Waals surface area contributed by atoms with Gasteiger partial charge < -0.3 is 34.5 Å². The Morgan fingerprint density at radius 1 is 1.26 bits per heavy atom. The number of esters is 3. The minimum absolute atomic E-state index is 0.0193. The van der Waals surface area contributed by atoms with E-state index in [4.69, 9.17) is 29.4 Å². The van der Waals surface area contributed by atoms with Gasteiger partial charge in [-0.3, -0.25) is 9.59 Å². The van der Waals surface area contributed by atoms with Crippen LogP contribution < -0.4 is 10.5 Å². The quantitative estimate of drug-likeness (QED) is 0.322. The van der Waals surface area contributed by atoms with E-state index in [1.54, 1.807) is 18.2 Å². The molecule has 1 saturated heterocycles. The maximum atomic E-state index is 12.6. The van der Waals surface area contributed by atoms with E-state index in [2.05, 4.69) is 6.58 Å². The van der Waals surface area contributed by atoms with Crippen molar-refractivity contribution in [2.45, 2.75) is 58.0 Å². The lowest BCUT2D eigenvalue weighted by Gasteiger charge is -2.39. The highest BCUT2D eigenvalue weighted by atomic mass is 16.7. The number of aliphatic hydroxyl groups excluding tert-OH is 1. The van der Waals surface area contributed by atoms with Gasteiger partial charge in [-0.05, 0) is 17.7 Å². The van der Waals surface area contributed by atoms with Crippen LogP contribution in [0.1, 0.15) is 31.4 Å². The van der Waals surface area contributed by atoms with Gasteiger partial charge in [0.25, 0.3) is 0 Å². The van der Waals surface area contributed by atoms with E-state index in [0.717, 1.165) is 6.92 Å². The van der Waals surface area contributed by atoms with E-state index in [0.29, 0.717) is 16.9 Å². The highest BCUT2D eigenvalue weighted by Crippen LogP contribution is 2.30. The Kier molecular flexibility index (Phi) is 8.98. The maximum Gasteiger partial charge on any atom is 0.339 e. The largest absolute Gasteiger partial charge is 0.464 e. The van der Waals surface area contributed by atoms with Crippen LogP contribution in [0.4, 0.5) is 0 Å². The number of hydrogen-bond acceptors (Lipinski definition) is 10. The number of aliphatic hydroxyl groups is 1. The van der Waals surface area contributed by atoms with E-state index >= 15 is 0 Å². The summed E-state index contributed by atoms with van der Waals surface area (Å²) in [6.07, 6.45) is -3.32. The van der Waals surface area contributed by atoms with Gasteiger partial charge in [-0.2, -0.15) is 0 Å². The monoisotopic (exact) mass is 437 g/mol. The first-order valence-electron chi connectivity index (χ1n) is 9.65. The number of carbonyl (C=O) groups excluding carboxylic acids is 3. The summed E-state index contributed by atoms with van der Waals surface area (Å²) in [5, 5.41) is 9.30. The average Bonchev–Trinajstić information content (AvgIpc) is 2.73. The zero-order valence-corrected chi connectivity index (χ0v) is 17.4. The van der Waals surface area contributed by atoms with Crippen molar-refractivity contribution in [3.63, 3.8) is 0 Å². The molecule has 1 aromatic carbocycles. The Hall–Kier alpha value is -2.95. The summed E-state index contributed by atoms with van der Waals surface area (Å²) in [4.78, 5) is 35.8. The second-order valence-corrected chi connectivity index (χ2v) is 6.78. The molecule has 3 N–H and O–H groups in total. The van der Waals surface area contributed by atoms with Crippen molar-refractivity contribution in [2.24, 2.45) is 5.73 Å². The first kappa shape index (κ1) is 24.3. The fourth-order valence-electron chi connectivity index (χ4n) is 3.11. The van der Waals surface area contributed by atoms with Crippen LogP contribution in [0, 0.1) is 0 Å². The van der Waals surface area contributed by atoms with Gasteiger partial charge in [0.1, 0.15) is 18.5 Å². The predicted octanol–water partition coefficient (Wildman–Crippen LogP) is 0.724. The average molecular weight is 437 g/mol. The second-order valence-electron chi connectivity index (χ2n) is 6.78. The molecule has 1 fully saturated rings. The van der Waals surface area contributed by atoms with Gasteiger partial charge >= 0.3 is 17.9 Å². The molecule has 0 radical (unpaired) electrons. The summed E-state index contributed by atoms with van der Waals surface area (Å²) in [5.74, 6) is -1.77. The van der Waals surface area contributed by atoms with Crippen LogP contribution in [0.3, 0.4) is 0 Å². The molecule has 0 amide bonds. The molecule has 10 nitrogen and oxygen atoms in total. The van der Waals surface area contributed by atoms with Crippen molar-refractivity contribution in [1.82, 2.24) is 0 Å². The van der Waals surface area contributed by atoms with E-state index in [1.165, 1.54) is 13.0 Å². The van der Waals surface area contributed by atoms with Crippen LogP contribution >= 0.6 is 0 Å². The van der Waals surface area contributed by atoms with Gasteiger partial charge in [0.2, 0.25) is 6.29 Å². The third-order valence-electron chi connectivity index (χ3n) is 4.37. The van der Waals surface area contributed by atoms with Crippen LogP contribution in [0.25, 0.3) is 0 Å². The Morgan fingerprint density at radius 3 is 2.55 bits per heavy atom.